The number of carbonyl (C=O) groups is 1. The van der Waals surface area contributed by atoms with Gasteiger partial charge in [-0.15, -0.1) is 0 Å². The highest BCUT2D eigenvalue weighted by Crippen LogP contribution is 2.29. The Labute approximate surface area is 178 Å². The summed E-state index contributed by atoms with van der Waals surface area (Å²) >= 11 is 6.04. The van der Waals surface area contributed by atoms with E-state index in [1.54, 1.807) is 12.1 Å². The van der Waals surface area contributed by atoms with Crippen molar-refractivity contribution >= 4 is 38.9 Å². The lowest BCUT2D eigenvalue weighted by Gasteiger charge is -2.31. The van der Waals surface area contributed by atoms with Crippen LogP contribution in [0.15, 0.2) is 47.4 Å². The molecule has 1 atom stereocenters. The van der Waals surface area contributed by atoms with E-state index in [2.05, 4.69) is 5.32 Å². The molecule has 0 radical (unpaired) electrons. The molecule has 1 fully saturated rings. The van der Waals surface area contributed by atoms with E-state index < -0.39 is 26.8 Å². The SMILES string of the molecule is COc1ccc(S(=O)(=O)N2CCC[C@@H](C(=O)Nc3cc([N+](=O)[O-])ccc3Cl)C2)cc1. The smallest absolute Gasteiger partial charge is 0.271 e. The summed E-state index contributed by atoms with van der Waals surface area (Å²) in [6.07, 6.45) is 1.00. The summed E-state index contributed by atoms with van der Waals surface area (Å²) in [4.78, 5) is 23.2. The fourth-order valence-corrected chi connectivity index (χ4v) is 4.92. The molecular weight excluding hydrogens is 434 g/mol. The van der Waals surface area contributed by atoms with Gasteiger partial charge in [0.2, 0.25) is 15.9 Å². The normalized spacial score (nSPS) is 17.3. The highest BCUT2D eigenvalue weighted by atomic mass is 35.5. The number of methoxy groups -OCH3 is 1. The first-order valence-corrected chi connectivity index (χ1v) is 10.9. The van der Waals surface area contributed by atoms with Crippen LogP contribution in [0, 0.1) is 16.0 Å². The van der Waals surface area contributed by atoms with E-state index in [9.17, 15) is 23.3 Å². The monoisotopic (exact) mass is 453 g/mol. The second kappa shape index (κ2) is 8.99. The number of sulfonamides is 1. The summed E-state index contributed by atoms with van der Waals surface area (Å²) in [6, 6.07) is 9.78. The van der Waals surface area contributed by atoms with Crippen LogP contribution in [-0.2, 0) is 14.8 Å². The second-order valence-corrected chi connectivity index (χ2v) is 9.13. The summed E-state index contributed by atoms with van der Waals surface area (Å²) in [7, 11) is -2.28. The molecule has 1 aliphatic heterocycles. The third-order valence-corrected chi connectivity index (χ3v) is 7.08. The van der Waals surface area contributed by atoms with Crippen LogP contribution in [0.1, 0.15) is 12.8 Å². The Morgan fingerprint density at radius 1 is 1.27 bits per heavy atom. The number of halogens is 1. The van der Waals surface area contributed by atoms with Crippen LogP contribution in [0.25, 0.3) is 0 Å². The van der Waals surface area contributed by atoms with E-state index in [-0.39, 0.29) is 27.8 Å². The topological polar surface area (TPSA) is 119 Å². The Hall–Kier alpha value is -2.69. The molecule has 1 heterocycles. The predicted molar refractivity (Wildman–Crippen MR) is 111 cm³/mol. The standard InChI is InChI=1S/C19H20ClN3O6S/c1-29-15-5-7-16(8-6-15)30(27,28)22-10-2-3-13(12-22)19(24)21-18-11-14(23(25)26)4-9-17(18)20/h4-9,11,13H,2-3,10,12H2,1H3,(H,21,24)/t13-/m1/s1. The van der Waals surface area contributed by atoms with Crippen molar-refractivity contribution < 1.29 is 22.9 Å². The Kier molecular flexibility index (Phi) is 6.59. The van der Waals surface area contributed by atoms with E-state index in [1.165, 1.54) is 41.7 Å². The lowest BCUT2D eigenvalue weighted by atomic mass is 9.98. The molecule has 1 amide bonds. The van der Waals surface area contributed by atoms with Crippen molar-refractivity contribution in [2.75, 3.05) is 25.5 Å². The van der Waals surface area contributed by atoms with Crippen LogP contribution in [0.5, 0.6) is 5.75 Å². The van der Waals surface area contributed by atoms with Crippen molar-refractivity contribution in [2.45, 2.75) is 17.7 Å². The highest BCUT2D eigenvalue weighted by molar-refractivity contribution is 7.89. The minimum absolute atomic E-state index is 0.00669. The molecule has 0 spiro atoms. The zero-order valence-electron chi connectivity index (χ0n) is 16.1. The van der Waals surface area contributed by atoms with Crippen LogP contribution in [-0.4, -0.2) is 43.8 Å². The molecule has 0 unspecified atom stereocenters. The van der Waals surface area contributed by atoms with Gasteiger partial charge in [0, 0.05) is 25.2 Å². The number of nitrogens with one attached hydrogen (secondary N) is 1. The summed E-state index contributed by atoms with van der Waals surface area (Å²) < 4.78 is 32.2. The number of piperidine rings is 1. The molecule has 0 saturated carbocycles. The number of rotatable bonds is 6. The van der Waals surface area contributed by atoms with Crippen molar-refractivity contribution in [3.05, 3.63) is 57.6 Å². The van der Waals surface area contributed by atoms with Crippen LogP contribution >= 0.6 is 11.6 Å². The molecule has 2 aromatic rings. The summed E-state index contributed by atoms with van der Waals surface area (Å²) in [5, 5.41) is 13.7. The maximum atomic E-state index is 12.9. The van der Waals surface area contributed by atoms with Crippen molar-refractivity contribution in [1.29, 1.82) is 0 Å². The van der Waals surface area contributed by atoms with E-state index in [1.807, 2.05) is 0 Å². The van der Waals surface area contributed by atoms with Crippen molar-refractivity contribution in [3.63, 3.8) is 0 Å². The number of anilines is 1. The maximum absolute atomic E-state index is 12.9. The quantitative estimate of drug-likeness (QED) is 0.529. The number of amides is 1. The zero-order chi connectivity index (χ0) is 21.9. The van der Waals surface area contributed by atoms with Gasteiger partial charge in [-0.3, -0.25) is 14.9 Å². The van der Waals surface area contributed by atoms with Crippen molar-refractivity contribution in [1.82, 2.24) is 4.31 Å². The Balaban J connectivity index is 1.74. The minimum atomic E-state index is -3.77. The molecule has 30 heavy (non-hydrogen) atoms. The maximum Gasteiger partial charge on any atom is 0.271 e. The molecule has 1 N–H and O–H groups in total. The van der Waals surface area contributed by atoms with Gasteiger partial charge in [-0.05, 0) is 43.2 Å². The summed E-state index contributed by atoms with van der Waals surface area (Å²) in [5.74, 6) is -0.507. The van der Waals surface area contributed by atoms with Gasteiger partial charge in [0.25, 0.3) is 5.69 Å². The lowest BCUT2D eigenvalue weighted by molar-refractivity contribution is -0.384. The highest BCUT2D eigenvalue weighted by Gasteiger charge is 2.33. The first kappa shape index (κ1) is 22.0. The molecule has 0 aliphatic carbocycles. The number of hydrogen-bond acceptors (Lipinski definition) is 6. The molecule has 9 nitrogen and oxygen atoms in total. The molecule has 3 rings (SSSR count). The van der Waals surface area contributed by atoms with E-state index >= 15 is 0 Å². The van der Waals surface area contributed by atoms with Gasteiger partial charge in [-0.25, -0.2) is 8.42 Å². The molecule has 1 saturated heterocycles. The third-order valence-electron chi connectivity index (χ3n) is 4.87. The van der Waals surface area contributed by atoms with E-state index in [0.717, 1.165) is 0 Å². The minimum Gasteiger partial charge on any atom is -0.497 e. The van der Waals surface area contributed by atoms with Crippen LogP contribution < -0.4 is 10.1 Å². The number of nitro benzene ring substituents is 1. The van der Waals surface area contributed by atoms with Gasteiger partial charge in [0.15, 0.2) is 0 Å². The largest absolute Gasteiger partial charge is 0.497 e. The fourth-order valence-electron chi connectivity index (χ4n) is 3.23. The van der Waals surface area contributed by atoms with Crippen LogP contribution in [0.2, 0.25) is 5.02 Å². The average Bonchev–Trinajstić information content (AvgIpc) is 2.75. The lowest BCUT2D eigenvalue weighted by Crippen LogP contribution is -2.43. The first-order valence-electron chi connectivity index (χ1n) is 9.11. The number of non-ortho nitro benzene ring substituents is 1. The molecule has 1 aliphatic rings. The third kappa shape index (κ3) is 4.72. The number of ether oxygens (including phenoxy) is 1. The number of hydrogen-bond donors (Lipinski definition) is 1. The predicted octanol–water partition coefficient (Wildman–Crippen LogP) is 3.30. The van der Waals surface area contributed by atoms with E-state index in [0.29, 0.717) is 25.1 Å². The first-order chi connectivity index (χ1) is 14.2. The van der Waals surface area contributed by atoms with Gasteiger partial charge >= 0.3 is 0 Å². The molecule has 11 heteroatoms. The van der Waals surface area contributed by atoms with Gasteiger partial charge in [-0.2, -0.15) is 4.31 Å². The van der Waals surface area contributed by atoms with Gasteiger partial charge < -0.3 is 10.1 Å². The van der Waals surface area contributed by atoms with Gasteiger partial charge in [-0.1, -0.05) is 11.6 Å². The fraction of sp³-hybridized carbons (Fsp3) is 0.316. The summed E-state index contributed by atoms with van der Waals surface area (Å²) in [6.45, 7) is 0.308. The Morgan fingerprint density at radius 2 is 1.97 bits per heavy atom. The molecule has 0 aromatic heterocycles. The molecule has 160 valence electrons. The van der Waals surface area contributed by atoms with Crippen LogP contribution in [0.4, 0.5) is 11.4 Å². The number of benzene rings is 2. The number of nitro groups is 1. The zero-order valence-corrected chi connectivity index (χ0v) is 17.6. The Morgan fingerprint density at radius 3 is 2.60 bits per heavy atom. The molecule has 2 aromatic carbocycles. The number of nitrogens with zero attached hydrogens (tertiary/aromatic N) is 2. The number of carbonyl (C=O) groups excluding carboxylic acids is 1. The van der Waals surface area contributed by atoms with E-state index in [4.69, 9.17) is 16.3 Å². The second-order valence-electron chi connectivity index (χ2n) is 6.79. The molecular formula is C19H20ClN3O6S. The van der Waals surface area contributed by atoms with Gasteiger partial charge in [0.1, 0.15) is 5.75 Å². The molecule has 0 bridgehead atoms. The Bertz CT molecular complexity index is 1060. The average molecular weight is 454 g/mol. The van der Waals surface area contributed by atoms with Crippen molar-refractivity contribution in [2.24, 2.45) is 5.92 Å². The van der Waals surface area contributed by atoms with Crippen LogP contribution in [0.3, 0.4) is 0 Å². The van der Waals surface area contributed by atoms with Gasteiger partial charge in [0.05, 0.1) is 33.6 Å². The summed E-state index contributed by atoms with van der Waals surface area (Å²) in [5.41, 5.74) is -0.0898. The van der Waals surface area contributed by atoms with Crippen molar-refractivity contribution in [3.8, 4) is 5.75 Å².